The van der Waals surface area contributed by atoms with Crippen molar-refractivity contribution in [2.75, 3.05) is 6.54 Å². The van der Waals surface area contributed by atoms with Gasteiger partial charge in [0.1, 0.15) is 5.75 Å². The molecule has 0 aliphatic rings. The fraction of sp³-hybridized carbons (Fsp3) is 0.211. The van der Waals surface area contributed by atoms with Crippen molar-refractivity contribution in [1.82, 2.24) is 15.2 Å². The van der Waals surface area contributed by atoms with Crippen molar-refractivity contribution >= 4 is 32.9 Å². The molecule has 0 saturated carbocycles. The van der Waals surface area contributed by atoms with E-state index in [9.17, 15) is 9.90 Å². The minimum absolute atomic E-state index is 0.186. The van der Waals surface area contributed by atoms with E-state index in [2.05, 4.69) is 55.5 Å². The van der Waals surface area contributed by atoms with Crippen LogP contribution >= 0.6 is 15.9 Å². The lowest BCUT2D eigenvalue weighted by Gasteiger charge is -2.09. The molecule has 6 heteroatoms. The Morgan fingerprint density at radius 1 is 1.12 bits per heavy atom. The quantitative estimate of drug-likeness (QED) is 0.546. The number of amides is 2. The molecule has 0 aliphatic carbocycles. The van der Waals surface area contributed by atoms with Gasteiger partial charge in [-0.25, -0.2) is 4.79 Å². The predicted octanol–water partition coefficient (Wildman–Crippen LogP) is 4.00. The zero-order valence-corrected chi connectivity index (χ0v) is 15.3. The SMILES string of the molecule is O=C(NCCCn1ccc2ccccc21)NCc1ccc(O)c(Br)c1. The van der Waals surface area contributed by atoms with Crippen LogP contribution < -0.4 is 10.6 Å². The van der Waals surface area contributed by atoms with Crippen molar-refractivity contribution in [1.29, 1.82) is 0 Å². The maximum atomic E-state index is 11.9. The Hall–Kier alpha value is -2.47. The third-order valence-corrected chi connectivity index (χ3v) is 4.64. The normalized spacial score (nSPS) is 10.8. The molecule has 2 aromatic carbocycles. The largest absolute Gasteiger partial charge is 0.507 e. The maximum absolute atomic E-state index is 11.9. The lowest BCUT2D eigenvalue weighted by molar-refractivity contribution is 0.240. The van der Waals surface area contributed by atoms with Crippen LogP contribution in [-0.4, -0.2) is 22.2 Å². The number of nitrogens with zero attached hydrogens (tertiary/aromatic N) is 1. The number of fused-ring (bicyclic) bond motifs is 1. The van der Waals surface area contributed by atoms with E-state index in [1.165, 1.54) is 10.9 Å². The van der Waals surface area contributed by atoms with Gasteiger partial charge in [-0.2, -0.15) is 0 Å². The van der Waals surface area contributed by atoms with E-state index in [1.807, 2.05) is 12.1 Å². The van der Waals surface area contributed by atoms with E-state index in [4.69, 9.17) is 0 Å². The van der Waals surface area contributed by atoms with E-state index in [-0.39, 0.29) is 11.8 Å². The molecule has 0 unspecified atom stereocenters. The molecule has 2 amide bonds. The maximum Gasteiger partial charge on any atom is 0.315 e. The Kier molecular flexibility index (Phi) is 5.60. The number of benzene rings is 2. The molecule has 0 fully saturated rings. The molecule has 0 radical (unpaired) electrons. The molecule has 130 valence electrons. The molecule has 3 N–H and O–H groups in total. The van der Waals surface area contributed by atoms with Crippen LogP contribution in [0.5, 0.6) is 5.75 Å². The summed E-state index contributed by atoms with van der Waals surface area (Å²) in [5.74, 6) is 0.186. The van der Waals surface area contributed by atoms with Gasteiger partial charge in [0.2, 0.25) is 0 Å². The molecule has 5 nitrogen and oxygen atoms in total. The number of carbonyl (C=O) groups is 1. The zero-order valence-electron chi connectivity index (χ0n) is 13.7. The molecular weight excluding hydrogens is 382 g/mol. The van der Waals surface area contributed by atoms with Crippen LogP contribution in [0.25, 0.3) is 10.9 Å². The first-order chi connectivity index (χ1) is 12.1. The summed E-state index contributed by atoms with van der Waals surface area (Å²) >= 11 is 3.26. The number of carbonyl (C=O) groups excluding carboxylic acids is 1. The molecule has 3 rings (SSSR count). The van der Waals surface area contributed by atoms with Crippen molar-refractivity contribution in [3.63, 3.8) is 0 Å². The third-order valence-electron chi connectivity index (χ3n) is 4.01. The molecule has 0 atom stereocenters. The lowest BCUT2D eigenvalue weighted by Crippen LogP contribution is -2.35. The first-order valence-electron chi connectivity index (χ1n) is 8.16. The third kappa shape index (κ3) is 4.54. The van der Waals surface area contributed by atoms with Crippen LogP contribution in [0.4, 0.5) is 4.79 Å². The van der Waals surface area contributed by atoms with Crippen molar-refractivity contribution in [3.05, 3.63) is 64.8 Å². The van der Waals surface area contributed by atoms with Gasteiger partial charge in [0.05, 0.1) is 4.47 Å². The van der Waals surface area contributed by atoms with E-state index in [0.717, 1.165) is 18.5 Å². The molecule has 0 saturated heterocycles. The standard InChI is InChI=1S/C19H20BrN3O2/c20-16-12-14(6-7-18(16)24)13-22-19(25)21-9-3-10-23-11-8-15-4-1-2-5-17(15)23/h1-2,4-8,11-12,24H,3,9-10,13H2,(H2,21,22,25). The minimum Gasteiger partial charge on any atom is -0.507 e. The zero-order chi connectivity index (χ0) is 17.6. The van der Waals surface area contributed by atoms with Crippen LogP contribution in [0.3, 0.4) is 0 Å². The minimum atomic E-state index is -0.193. The van der Waals surface area contributed by atoms with Gasteiger partial charge in [-0.15, -0.1) is 0 Å². The Bertz CT molecular complexity index is 876. The summed E-state index contributed by atoms with van der Waals surface area (Å²) in [7, 11) is 0. The number of nitrogens with one attached hydrogen (secondary N) is 2. The lowest BCUT2D eigenvalue weighted by atomic mass is 10.2. The molecular formula is C19H20BrN3O2. The van der Waals surface area contributed by atoms with Gasteiger partial charge in [0, 0.05) is 31.3 Å². The fourth-order valence-corrected chi connectivity index (χ4v) is 3.12. The first kappa shape index (κ1) is 17.4. The number of halogens is 1. The molecule has 0 aliphatic heterocycles. The summed E-state index contributed by atoms with van der Waals surface area (Å²) < 4.78 is 2.81. The van der Waals surface area contributed by atoms with Gasteiger partial charge in [-0.05, 0) is 57.6 Å². The molecule has 1 aromatic heterocycles. The van der Waals surface area contributed by atoms with Gasteiger partial charge in [0.15, 0.2) is 0 Å². The average molecular weight is 402 g/mol. The van der Waals surface area contributed by atoms with E-state index >= 15 is 0 Å². The molecule has 1 heterocycles. The number of hydrogen-bond acceptors (Lipinski definition) is 2. The molecule has 25 heavy (non-hydrogen) atoms. The van der Waals surface area contributed by atoms with E-state index in [0.29, 0.717) is 17.6 Å². The number of phenolic OH excluding ortho intramolecular Hbond substituents is 1. The van der Waals surface area contributed by atoms with Gasteiger partial charge in [-0.1, -0.05) is 24.3 Å². The van der Waals surface area contributed by atoms with Crippen molar-refractivity contribution < 1.29 is 9.90 Å². The average Bonchev–Trinajstić information content (AvgIpc) is 3.03. The summed E-state index contributed by atoms with van der Waals surface area (Å²) in [6.45, 7) is 1.88. The number of para-hydroxylation sites is 1. The summed E-state index contributed by atoms with van der Waals surface area (Å²) in [5, 5.41) is 16.4. The predicted molar refractivity (Wildman–Crippen MR) is 103 cm³/mol. The second-order valence-electron chi connectivity index (χ2n) is 5.82. The Morgan fingerprint density at radius 3 is 2.80 bits per heavy atom. The number of aromatic hydroxyl groups is 1. The summed E-state index contributed by atoms with van der Waals surface area (Å²) in [4.78, 5) is 11.9. The second-order valence-corrected chi connectivity index (χ2v) is 6.67. The number of hydrogen-bond donors (Lipinski definition) is 3. The summed E-state index contributed by atoms with van der Waals surface area (Å²) in [6, 6.07) is 15.3. The highest BCUT2D eigenvalue weighted by atomic mass is 79.9. The van der Waals surface area contributed by atoms with Crippen LogP contribution in [0.15, 0.2) is 59.2 Å². The van der Waals surface area contributed by atoms with Gasteiger partial charge in [-0.3, -0.25) is 0 Å². The number of phenols is 1. The first-order valence-corrected chi connectivity index (χ1v) is 8.96. The molecule has 3 aromatic rings. The Morgan fingerprint density at radius 2 is 1.96 bits per heavy atom. The van der Waals surface area contributed by atoms with Crippen molar-refractivity contribution in [2.45, 2.75) is 19.5 Å². The number of aromatic nitrogens is 1. The highest BCUT2D eigenvalue weighted by molar-refractivity contribution is 9.10. The van der Waals surface area contributed by atoms with Crippen LogP contribution in [0.1, 0.15) is 12.0 Å². The topological polar surface area (TPSA) is 66.3 Å². The Labute approximate surface area is 154 Å². The van der Waals surface area contributed by atoms with Crippen LogP contribution in [-0.2, 0) is 13.1 Å². The van der Waals surface area contributed by atoms with E-state index in [1.54, 1.807) is 18.2 Å². The van der Waals surface area contributed by atoms with Crippen LogP contribution in [0, 0.1) is 0 Å². The smallest absolute Gasteiger partial charge is 0.315 e. The van der Waals surface area contributed by atoms with Gasteiger partial charge in [0.25, 0.3) is 0 Å². The highest BCUT2D eigenvalue weighted by Crippen LogP contribution is 2.24. The molecule has 0 spiro atoms. The fourth-order valence-electron chi connectivity index (χ4n) is 2.69. The van der Waals surface area contributed by atoms with Gasteiger partial charge < -0.3 is 20.3 Å². The van der Waals surface area contributed by atoms with Crippen molar-refractivity contribution in [3.8, 4) is 5.75 Å². The highest BCUT2D eigenvalue weighted by Gasteiger charge is 2.03. The Balaban J connectivity index is 1.40. The summed E-state index contributed by atoms with van der Waals surface area (Å²) in [6.07, 6.45) is 2.93. The monoisotopic (exact) mass is 401 g/mol. The van der Waals surface area contributed by atoms with Gasteiger partial charge >= 0.3 is 6.03 Å². The number of rotatable bonds is 6. The second kappa shape index (κ2) is 8.07. The summed E-state index contributed by atoms with van der Waals surface area (Å²) in [5.41, 5.74) is 2.13. The number of aryl methyl sites for hydroxylation is 1. The van der Waals surface area contributed by atoms with Crippen LogP contribution in [0.2, 0.25) is 0 Å². The molecule has 0 bridgehead atoms. The number of urea groups is 1. The van der Waals surface area contributed by atoms with Crippen molar-refractivity contribution in [2.24, 2.45) is 0 Å². The van der Waals surface area contributed by atoms with E-state index < -0.39 is 0 Å².